The first-order chi connectivity index (χ1) is 16.4. The third kappa shape index (κ3) is 3.48. The molecule has 0 atom stereocenters. The van der Waals surface area contributed by atoms with E-state index < -0.39 is 0 Å². The summed E-state index contributed by atoms with van der Waals surface area (Å²) >= 11 is 1.69. The van der Waals surface area contributed by atoms with Crippen molar-refractivity contribution in [1.29, 1.82) is 0 Å². The van der Waals surface area contributed by atoms with E-state index in [4.69, 9.17) is 15.7 Å². The Kier molecular flexibility index (Phi) is 4.63. The van der Waals surface area contributed by atoms with E-state index in [2.05, 4.69) is 50.6 Å². The standard InChI is InChI=1S/C26H21N7S/c1-13-20-11-16(7-9-21(20)33-26(27)28-13)18-5-4-6-19-24(18)29-14(2)30-25(19)32-17-8-10-23-22(12-17)31-15(3)34-23/h4-12H,1-3H3,(H2,27,28,33)(H,29,30,32). The molecule has 0 amide bonds. The molecule has 0 spiro atoms. The zero-order chi connectivity index (χ0) is 23.4. The van der Waals surface area contributed by atoms with E-state index in [1.807, 2.05) is 45.0 Å². The second-order valence-electron chi connectivity index (χ2n) is 8.26. The number of nitrogen functional groups attached to an aromatic ring is 1. The molecular weight excluding hydrogens is 442 g/mol. The van der Waals surface area contributed by atoms with Crippen LogP contribution in [0.2, 0.25) is 0 Å². The van der Waals surface area contributed by atoms with Crippen LogP contribution in [0.4, 0.5) is 17.5 Å². The molecule has 0 radical (unpaired) electrons. The summed E-state index contributed by atoms with van der Waals surface area (Å²) in [7, 11) is 0. The number of aryl methyl sites for hydroxylation is 3. The summed E-state index contributed by atoms with van der Waals surface area (Å²) in [4.78, 5) is 22.8. The third-order valence-corrected chi connectivity index (χ3v) is 6.76. The number of anilines is 3. The van der Waals surface area contributed by atoms with E-state index in [9.17, 15) is 0 Å². The van der Waals surface area contributed by atoms with Crippen LogP contribution in [0.15, 0.2) is 54.6 Å². The maximum Gasteiger partial charge on any atom is 0.220 e. The average Bonchev–Trinajstić information content (AvgIpc) is 3.18. The Labute approximate surface area is 199 Å². The molecule has 6 rings (SSSR count). The first-order valence-corrected chi connectivity index (χ1v) is 11.7. The molecule has 0 aliphatic carbocycles. The lowest BCUT2D eigenvalue weighted by atomic mass is 10.00. The fraction of sp³-hybridized carbons (Fsp3) is 0.115. The van der Waals surface area contributed by atoms with Gasteiger partial charge in [0.2, 0.25) is 5.95 Å². The summed E-state index contributed by atoms with van der Waals surface area (Å²) in [6, 6.07) is 18.5. The number of nitrogens with zero attached hydrogens (tertiary/aromatic N) is 5. The van der Waals surface area contributed by atoms with Crippen molar-refractivity contribution in [3.8, 4) is 11.1 Å². The van der Waals surface area contributed by atoms with Crippen molar-refractivity contribution >= 4 is 60.8 Å². The van der Waals surface area contributed by atoms with Crippen LogP contribution in [0, 0.1) is 20.8 Å². The highest BCUT2D eigenvalue weighted by molar-refractivity contribution is 7.18. The molecule has 3 aromatic heterocycles. The van der Waals surface area contributed by atoms with Gasteiger partial charge in [-0.2, -0.15) is 0 Å². The van der Waals surface area contributed by atoms with Crippen molar-refractivity contribution < 1.29 is 0 Å². The van der Waals surface area contributed by atoms with Gasteiger partial charge in [0, 0.05) is 22.0 Å². The highest BCUT2D eigenvalue weighted by Crippen LogP contribution is 2.34. The summed E-state index contributed by atoms with van der Waals surface area (Å²) in [6.45, 7) is 5.88. The van der Waals surface area contributed by atoms with Crippen LogP contribution in [0.5, 0.6) is 0 Å². The van der Waals surface area contributed by atoms with Gasteiger partial charge in [0.15, 0.2) is 0 Å². The quantitative estimate of drug-likeness (QED) is 0.327. The van der Waals surface area contributed by atoms with E-state index in [0.717, 1.165) is 60.7 Å². The van der Waals surface area contributed by atoms with Gasteiger partial charge in [0.05, 0.1) is 32.0 Å². The highest BCUT2D eigenvalue weighted by atomic mass is 32.1. The van der Waals surface area contributed by atoms with Crippen LogP contribution in [-0.4, -0.2) is 24.9 Å². The second-order valence-corrected chi connectivity index (χ2v) is 9.50. The summed E-state index contributed by atoms with van der Waals surface area (Å²) in [5, 5.41) is 6.47. The van der Waals surface area contributed by atoms with E-state index in [1.54, 1.807) is 11.3 Å². The lowest BCUT2D eigenvalue weighted by Crippen LogP contribution is -2.00. The van der Waals surface area contributed by atoms with Crippen molar-refractivity contribution in [3.63, 3.8) is 0 Å². The van der Waals surface area contributed by atoms with Gasteiger partial charge < -0.3 is 11.1 Å². The Morgan fingerprint density at radius 1 is 0.794 bits per heavy atom. The molecule has 0 unspecified atom stereocenters. The fourth-order valence-electron chi connectivity index (χ4n) is 4.32. The van der Waals surface area contributed by atoms with Crippen molar-refractivity contribution in [3.05, 3.63) is 71.1 Å². The summed E-state index contributed by atoms with van der Waals surface area (Å²) in [5.74, 6) is 1.75. The number of hydrogen-bond donors (Lipinski definition) is 2. The maximum absolute atomic E-state index is 5.83. The largest absolute Gasteiger partial charge is 0.368 e. The first kappa shape index (κ1) is 20.4. The van der Waals surface area contributed by atoms with Gasteiger partial charge in [-0.05, 0) is 62.7 Å². The number of nitrogens with one attached hydrogen (secondary N) is 1. The van der Waals surface area contributed by atoms with Gasteiger partial charge >= 0.3 is 0 Å². The number of hydrogen-bond acceptors (Lipinski definition) is 8. The van der Waals surface area contributed by atoms with Gasteiger partial charge in [-0.3, -0.25) is 0 Å². The summed E-state index contributed by atoms with van der Waals surface area (Å²) in [5.41, 5.74) is 12.4. The molecule has 0 aliphatic heterocycles. The minimum absolute atomic E-state index is 0.285. The number of rotatable bonds is 3. The molecule has 7 nitrogen and oxygen atoms in total. The van der Waals surface area contributed by atoms with Crippen molar-refractivity contribution in [2.75, 3.05) is 11.1 Å². The van der Waals surface area contributed by atoms with Crippen molar-refractivity contribution in [1.82, 2.24) is 24.9 Å². The molecule has 3 N–H and O–H groups in total. The van der Waals surface area contributed by atoms with Gasteiger partial charge in [0.25, 0.3) is 0 Å². The number of benzene rings is 3. The highest BCUT2D eigenvalue weighted by Gasteiger charge is 2.13. The molecule has 0 aliphatic rings. The van der Waals surface area contributed by atoms with Crippen LogP contribution in [-0.2, 0) is 0 Å². The third-order valence-electron chi connectivity index (χ3n) is 5.81. The van der Waals surface area contributed by atoms with Crippen molar-refractivity contribution in [2.24, 2.45) is 0 Å². The first-order valence-electron chi connectivity index (χ1n) is 10.9. The number of thiazole rings is 1. The molecule has 34 heavy (non-hydrogen) atoms. The lowest BCUT2D eigenvalue weighted by molar-refractivity contribution is 1.09. The second kappa shape index (κ2) is 7.71. The SMILES string of the molecule is Cc1nc(Nc2ccc3sc(C)nc3c2)c2cccc(-c3ccc4nc(N)nc(C)c4c3)c2n1. The Morgan fingerprint density at radius 2 is 1.68 bits per heavy atom. The molecule has 0 fully saturated rings. The van der Waals surface area contributed by atoms with E-state index in [-0.39, 0.29) is 5.95 Å². The van der Waals surface area contributed by atoms with Gasteiger partial charge in [-0.25, -0.2) is 24.9 Å². The molecule has 166 valence electrons. The van der Waals surface area contributed by atoms with Crippen LogP contribution >= 0.6 is 11.3 Å². The minimum atomic E-state index is 0.285. The smallest absolute Gasteiger partial charge is 0.220 e. The number of nitrogens with two attached hydrogens (primary N) is 1. The minimum Gasteiger partial charge on any atom is -0.368 e. The Balaban J connectivity index is 1.49. The molecule has 3 heterocycles. The number of para-hydroxylation sites is 1. The molecule has 6 aromatic rings. The normalized spacial score (nSPS) is 11.5. The fourth-order valence-corrected chi connectivity index (χ4v) is 5.13. The predicted octanol–water partition coefficient (Wildman–Crippen LogP) is 6.10. The molecule has 8 heteroatoms. The topological polar surface area (TPSA) is 102 Å². The van der Waals surface area contributed by atoms with E-state index in [0.29, 0.717) is 5.82 Å². The molecule has 3 aromatic carbocycles. The average molecular weight is 464 g/mol. The predicted molar refractivity (Wildman–Crippen MR) is 140 cm³/mol. The monoisotopic (exact) mass is 463 g/mol. The summed E-state index contributed by atoms with van der Waals surface area (Å²) < 4.78 is 1.17. The molecule has 0 saturated carbocycles. The van der Waals surface area contributed by atoms with Crippen LogP contribution in [0.1, 0.15) is 16.5 Å². The zero-order valence-corrected chi connectivity index (χ0v) is 19.7. The van der Waals surface area contributed by atoms with Crippen LogP contribution < -0.4 is 11.1 Å². The number of fused-ring (bicyclic) bond motifs is 3. The summed E-state index contributed by atoms with van der Waals surface area (Å²) in [6.07, 6.45) is 0. The van der Waals surface area contributed by atoms with Gasteiger partial charge in [-0.1, -0.05) is 18.2 Å². The van der Waals surface area contributed by atoms with Crippen molar-refractivity contribution in [2.45, 2.75) is 20.8 Å². The van der Waals surface area contributed by atoms with E-state index >= 15 is 0 Å². The Hall–Kier alpha value is -4.17. The number of aromatic nitrogens is 5. The maximum atomic E-state index is 5.83. The molecule has 0 saturated heterocycles. The molecule has 0 bridgehead atoms. The molecular formula is C26H21N7S. The van der Waals surface area contributed by atoms with Gasteiger partial charge in [-0.15, -0.1) is 11.3 Å². The van der Waals surface area contributed by atoms with Crippen LogP contribution in [0.25, 0.3) is 43.1 Å². The van der Waals surface area contributed by atoms with Crippen LogP contribution in [0.3, 0.4) is 0 Å². The Bertz CT molecular complexity index is 1740. The van der Waals surface area contributed by atoms with Gasteiger partial charge in [0.1, 0.15) is 11.6 Å². The Morgan fingerprint density at radius 3 is 2.56 bits per heavy atom. The van der Waals surface area contributed by atoms with E-state index in [1.165, 1.54) is 4.70 Å². The zero-order valence-electron chi connectivity index (χ0n) is 18.9. The lowest BCUT2D eigenvalue weighted by Gasteiger charge is -2.13.